The maximum absolute atomic E-state index is 12.1. The fourth-order valence-corrected chi connectivity index (χ4v) is 3.34. The van der Waals surface area contributed by atoms with E-state index in [0.29, 0.717) is 28.0 Å². The predicted molar refractivity (Wildman–Crippen MR) is 119 cm³/mol. The van der Waals surface area contributed by atoms with E-state index in [2.05, 4.69) is 52.9 Å². The molecule has 0 saturated carbocycles. The van der Waals surface area contributed by atoms with E-state index < -0.39 is 0 Å². The van der Waals surface area contributed by atoms with Crippen LogP contribution in [0.25, 0.3) is 5.82 Å². The Morgan fingerprint density at radius 1 is 1.19 bits per heavy atom. The Balaban J connectivity index is 0.00000107. The van der Waals surface area contributed by atoms with E-state index in [1.165, 1.54) is 28.6 Å². The molecule has 31 heavy (non-hydrogen) atoms. The van der Waals surface area contributed by atoms with Gasteiger partial charge in [-0.25, -0.2) is 9.67 Å². The third-order valence-corrected chi connectivity index (χ3v) is 5.15. The lowest BCUT2D eigenvalue weighted by Gasteiger charge is -2.12. The van der Waals surface area contributed by atoms with Crippen LogP contribution in [0.5, 0.6) is 0 Å². The van der Waals surface area contributed by atoms with Gasteiger partial charge in [0.15, 0.2) is 5.82 Å². The van der Waals surface area contributed by atoms with Gasteiger partial charge in [-0.1, -0.05) is 37.6 Å². The summed E-state index contributed by atoms with van der Waals surface area (Å²) in [5, 5.41) is 4.79. The van der Waals surface area contributed by atoms with Crippen LogP contribution in [0, 0.1) is 0 Å². The molecule has 0 aliphatic rings. The lowest BCUT2D eigenvalue weighted by molar-refractivity contribution is -0.191. The van der Waals surface area contributed by atoms with Crippen molar-refractivity contribution in [1.29, 1.82) is 0 Å². The molecule has 2 heterocycles. The molecule has 0 radical (unpaired) electrons. The zero-order valence-corrected chi connectivity index (χ0v) is 19.1. The zero-order valence-electron chi connectivity index (χ0n) is 17.5. The molecule has 8 nitrogen and oxygen atoms in total. The molecule has 0 aliphatic carbocycles. The smallest absolute Gasteiger partial charge is 0.345 e. The Kier molecular flexibility index (Phi) is 8.81. The predicted octanol–water partition coefficient (Wildman–Crippen LogP) is 4.28. The van der Waals surface area contributed by atoms with Gasteiger partial charge in [-0.05, 0) is 41.6 Å². The Morgan fingerprint density at radius 2 is 1.84 bits per heavy atom. The topological polar surface area (TPSA) is 97.2 Å². The molecule has 0 bridgehead atoms. The maximum Gasteiger partial charge on any atom is 0.373 e. The number of nitrogens with one attached hydrogen (secondary N) is 1. The molecular formula is C21H22ClN5O3S. The highest BCUT2D eigenvalue weighted by Gasteiger charge is 2.14. The van der Waals surface area contributed by atoms with Gasteiger partial charge in [-0.3, -0.25) is 4.79 Å². The van der Waals surface area contributed by atoms with Crippen LogP contribution >= 0.6 is 23.5 Å². The van der Waals surface area contributed by atoms with Crippen molar-refractivity contribution in [3.05, 3.63) is 65.1 Å². The van der Waals surface area contributed by atoms with Crippen molar-refractivity contribution >= 4 is 41.3 Å². The van der Waals surface area contributed by atoms with Crippen molar-refractivity contribution in [3.8, 4) is 5.82 Å². The monoisotopic (exact) mass is 459 g/mol. The number of benzene rings is 1. The standard InChI is InChI=1S/C20H22ClN5OS.CO2/c1-13(2)14-5-7-17(8-6-14)28-24-18-9-16(21)11-22-19(18)26-12-15(10-23-26)20(27)25(3)4;2-1-3/h5-13,24H,1-4H3;. The maximum atomic E-state index is 12.1. The second kappa shape index (κ2) is 11.3. The van der Waals surface area contributed by atoms with E-state index in [4.69, 9.17) is 21.2 Å². The van der Waals surface area contributed by atoms with E-state index in [1.807, 2.05) is 0 Å². The number of carbonyl (C=O) groups excluding carboxylic acids is 3. The number of pyridine rings is 1. The summed E-state index contributed by atoms with van der Waals surface area (Å²) < 4.78 is 4.86. The highest BCUT2D eigenvalue weighted by molar-refractivity contribution is 8.00. The highest BCUT2D eigenvalue weighted by atomic mass is 35.5. The summed E-state index contributed by atoms with van der Waals surface area (Å²) in [6.07, 6.45) is 4.99. The first-order chi connectivity index (χ1) is 14.8. The van der Waals surface area contributed by atoms with Crippen LogP contribution in [0.4, 0.5) is 5.69 Å². The summed E-state index contributed by atoms with van der Waals surface area (Å²) in [5.41, 5.74) is 2.49. The van der Waals surface area contributed by atoms with Gasteiger partial charge >= 0.3 is 6.15 Å². The van der Waals surface area contributed by atoms with E-state index in [0.717, 1.165) is 4.90 Å². The van der Waals surface area contributed by atoms with Crippen molar-refractivity contribution in [2.75, 3.05) is 18.8 Å². The summed E-state index contributed by atoms with van der Waals surface area (Å²) in [4.78, 5) is 35.3. The molecule has 0 fully saturated rings. The van der Waals surface area contributed by atoms with E-state index in [1.54, 1.807) is 37.2 Å². The van der Waals surface area contributed by atoms with Gasteiger partial charge in [0.05, 0.1) is 22.5 Å². The van der Waals surface area contributed by atoms with Crippen LogP contribution in [0.15, 0.2) is 53.8 Å². The molecule has 1 N–H and O–H groups in total. The summed E-state index contributed by atoms with van der Waals surface area (Å²) in [7, 11) is 3.41. The largest absolute Gasteiger partial charge is 0.373 e. The van der Waals surface area contributed by atoms with Crippen LogP contribution in [-0.4, -0.2) is 45.8 Å². The van der Waals surface area contributed by atoms with E-state index in [9.17, 15) is 4.79 Å². The zero-order chi connectivity index (χ0) is 23.0. The SMILES string of the molecule is CC(C)c1ccc(SNc2cc(Cl)cnc2-n2cc(C(=O)N(C)C)cn2)cc1.O=C=O. The van der Waals surface area contributed by atoms with E-state index in [-0.39, 0.29) is 12.1 Å². The van der Waals surface area contributed by atoms with Gasteiger partial charge < -0.3 is 9.62 Å². The van der Waals surface area contributed by atoms with Gasteiger partial charge in [0, 0.05) is 31.4 Å². The highest BCUT2D eigenvalue weighted by Crippen LogP contribution is 2.28. The van der Waals surface area contributed by atoms with Crippen molar-refractivity contribution in [1.82, 2.24) is 19.7 Å². The van der Waals surface area contributed by atoms with E-state index >= 15 is 0 Å². The van der Waals surface area contributed by atoms with Gasteiger partial charge in [0.2, 0.25) is 0 Å². The molecule has 0 spiro atoms. The molecule has 1 aromatic carbocycles. The lowest BCUT2D eigenvalue weighted by atomic mass is 10.0. The summed E-state index contributed by atoms with van der Waals surface area (Å²) in [6.45, 7) is 4.34. The second-order valence-corrected chi connectivity index (χ2v) is 8.23. The minimum Gasteiger partial charge on any atom is -0.345 e. The molecule has 2 aromatic heterocycles. The molecule has 0 atom stereocenters. The molecule has 0 unspecified atom stereocenters. The number of anilines is 1. The van der Waals surface area contributed by atoms with Gasteiger partial charge in [-0.15, -0.1) is 0 Å². The van der Waals surface area contributed by atoms with Crippen molar-refractivity contribution < 1.29 is 14.4 Å². The average molecular weight is 460 g/mol. The minimum atomic E-state index is -0.116. The third kappa shape index (κ3) is 6.68. The molecule has 3 aromatic rings. The van der Waals surface area contributed by atoms with Crippen LogP contribution in [0.3, 0.4) is 0 Å². The van der Waals surface area contributed by atoms with Crippen LogP contribution < -0.4 is 4.72 Å². The van der Waals surface area contributed by atoms with Crippen LogP contribution in [-0.2, 0) is 9.59 Å². The number of hydrogen-bond donors (Lipinski definition) is 1. The van der Waals surface area contributed by atoms with Gasteiger partial charge in [0.25, 0.3) is 5.91 Å². The Bertz CT molecular complexity index is 1060. The summed E-state index contributed by atoms with van der Waals surface area (Å²) in [6, 6.07) is 10.2. The first-order valence-corrected chi connectivity index (χ1v) is 10.4. The van der Waals surface area contributed by atoms with Crippen molar-refractivity contribution in [3.63, 3.8) is 0 Å². The number of hydrogen-bond acceptors (Lipinski definition) is 7. The van der Waals surface area contributed by atoms with Crippen LogP contribution in [0.1, 0.15) is 35.7 Å². The first kappa shape index (κ1) is 24.1. The normalized spacial score (nSPS) is 10.1. The molecule has 3 rings (SSSR count). The molecule has 1 amide bonds. The molecule has 0 aliphatic heterocycles. The number of halogens is 1. The Labute approximate surface area is 189 Å². The van der Waals surface area contributed by atoms with Crippen molar-refractivity contribution in [2.24, 2.45) is 0 Å². The summed E-state index contributed by atoms with van der Waals surface area (Å²) in [5.74, 6) is 0.942. The fraction of sp³-hybridized carbons (Fsp3) is 0.238. The average Bonchev–Trinajstić information content (AvgIpc) is 3.22. The number of rotatable bonds is 6. The molecular weight excluding hydrogens is 438 g/mol. The number of aromatic nitrogens is 3. The Morgan fingerprint density at radius 3 is 2.42 bits per heavy atom. The summed E-state index contributed by atoms with van der Waals surface area (Å²) >= 11 is 7.60. The molecule has 10 heteroatoms. The number of nitrogens with zero attached hydrogens (tertiary/aromatic N) is 4. The lowest BCUT2D eigenvalue weighted by Crippen LogP contribution is -2.21. The third-order valence-electron chi connectivity index (χ3n) is 4.11. The van der Waals surface area contributed by atoms with Gasteiger partial charge in [0.1, 0.15) is 0 Å². The first-order valence-electron chi connectivity index (χ1n) is 9.21. The van der Waals surface area contributed by atoms with Gasteiger partial charge in [-0.2, -0.15) is 14.7 Å². The quantitative estimate of drug-likeness (QED) is 0.549. The molecule has 162 valence electrons. The molecule has 0 saturated heterocycles. The van der Waals surface area contributed by atoms with Crippen LogP contribution in [0.2, 0.25) is 5.02 Å². The fourth-order valence-electron chi connectivity index (χ4n) is 2.53. The second-order valence-electron chi connectivity index (χ2n) is 6.91. The van der Waals surface area contributed by atoms with Crippen molar-refractivity contribution in [2.45, 2.75) is 24.7 Å². The number of amides is 1. The number of carbonyl (C=O) groups is 1. The Hall–Kier alpha value is -3.13. The minimum absolute atomic E-state index is 0.116.